The van der Waals surface area contributed by atoms with Crippen LogP contribution in [-0.2, 0) is 6.54 Å². The Morgan fingerprint density at radius 3 is 2.60 bits per heavy atom. The number of nitriles is 1. The Hall–Kier alpha value is -4.18. The Labute approximate surface area is 173 Å². The van der Waals surface area contributed by atoms with E-state index >= 15 is 0 Å². The predicted octanol–water partition coefficient (Wildman–Crippen LogP) is 4.18. The largest absolute Gasteiger partial charge is 0.361 e. The number of benzene rings is 1. The van der Waals surface area contributed by atoms with Gasteiger partial charge in [0.2, 0.25) is 0 Å². The fourth-order valence-electron chi connectivity index (χ4n) is 3.34. The van der Waals surface area contributed by atoms with Gasteiger partial charge in [0.1, 0.15) is 23.2 Å². The number of aromatic nitrogens is 3. The first kappa shape index (κ1) is 19.2. The van der Waals surface area contributed by atoms with Crippen molar-refractivity contribution < 1.29 is 4.52 Å². The summed E-state index contributed by atoms with van der Waals surface area (Å²) in [6.07, 6.45) is 3.35. The summed E-state index contributed by atoms with van der Waals surface area (Å²) in [6, 6.07) is 16.9. The van der Waals surface area contributed by atoms with Crippen molar-refractivity contribution in [3.8, 4) is 17.2 Å². The monoisotopic (exact) mass is 397 g/mol. The highest BCUT2D eigenvalue weighted by molar-refractivity contribution is 5.72. The normalized spacial score (nSPS) is 10.6. The smallest absolute Gasteiger partial charge is 0.274 e. The highest BCUT2D eigenvalue weighted by atomic mass is 16.5. The molecule has 30 heavy (non-hydrogen) atoms. The molecule has 0 atom stereocenters. The van der Waals surface area contributed by atoms with Gasteiger partial charge in [-0.15, -0.1) is 0 Å². The minimum atomic E-state index is -0.168. The van der Waals surface area contributed by atoms with E-state index in [-0.39, 0.29) is 5.56 Å². The molecule has 4 rings (SSSR count). The summed E-state index contributed by atoms with van der Waals surface area (Å²) in [6.45, 7) is 4.15. The second-order valence-electron chi connectivity index (χ2n) is 6.93. The number of hydrogen-bond acceptors (Lipinski definition) is 6. The Balaban J connectivity index is 1.81. The molecule has 0 bridgehead atoms. The highest BCUT2D eigenvalue weighted by Gasteiger charge is 2.16. The zero-order chi connectivity index (χ0) is 21.1. The second-order valence-corrected chi connectivity index (χ2v) is 6.93. The fraction of sp³-hybridized carbons (Fsp3) is 0.130. The van der Waals surface area contributed by atoms with Gasteiger partial charge in [-0.1, -0.05) is 35.5 Å². The predicted molar refractivity (Wildman–Crippen MR) is 113 cm³/mol. The molecule has 1 aromatic carbocycles. The molecule has 0 aliphatic heterocycles. The Bertz CT molecular complexity index is 1260. The van der Waals surface area contributed by atoms with Gasteiger partial charge in [0.25, 0.3) is 5.56 Å². The van der Waals surface area contributed by atoms with Gasteiger partial charge >= 0.3 is 0 Å². The second kappa shape index (κ2) is 8.05. The van der Waals surface area contributed by atoms with Crippen molar-refractivity contribution in [2.24, 2.45) is 0 Å². The lowest BCUT2D eigenvalue weighted by Crippen LogP contribution is -2.23. The summed E-state index contributed by atoms with van der Waals surface area (Å²) < 4.78 is 6.99. The van der Waals surface area contributed by atoms with E-state index in [1.54, 1.807) is 22.8 Å². The molecule has 148 valence electrons. The van der Waals surface area contributed by atoms with E-state index in [1.165, 1.54) is 6.20 Å². The zero-order valence-electron chi connectivity index (χ0n) is 16.6. The van der Waals surface area contributed by atoms with Crippen molar-refractivity contribution in [3.63, 3.8) is 0 Å². The molecule has 0 aliphatic rings. The Morgan fingerprint density at radius 1 is 1.17 bits per heavy atom. The average molecular weight is 397 g/mol. The number of hydrogen-bond donors (Lipinski definition) is 1. The Morgan fingerprint density at radius 2 is 1.97 bits per heavy atom. The summed E-state index contributed by atoms with van der Waals surface area (Å²) >= 11 is 0. The molecular weight excluding hydrogens is 378 g/mol. The molecule has 3 aromatic heterocycles. The quantitative estimate of drug-likeness (QED) is 0.543. The third-order valence-electron chi connectivity index (χ3n) is 4.76. The molecule has 0 fully saturated rings. The molecule has 7 nitrogen and oxygen atoms in total. The molecule has 7 heteroatoms. The number of rotatable bonds is 5. The number of aryl methyl sites for hydroxylation is 2. The van der Waals surface area contributed by atoms with Crippen LogP contribution in [0.5, 0.6) is 0 Å². The molecule has 4 aromatic rings. The molecule has 0 unspecified atom stereocenters. The van der Waals surface area contributed by atoms with Gasteiger partial charge < -0.3 is 14.4 Å². The van der Waals surface area contributed by atoms with Gasteiger partial charge in [-0.3, -0.25) is 4.79 Å². The first-order valence-corrected chi connectivity index (χ1v) is 9.40. The first-order valence-electron chi connectivity index (χ1n) is 9.40. The Kier molecular flexibility index (Phi) is 5.14. The fourth-order valence-corrected chi connectivity index (χ4v) is 3.34. The maximum Gasteiger partial charge on any atom is 0.274 e. The number of pyridine rings is 2. The van der Waals surface area contributed by atoms with E-state index in [2.05, 4.69) is 15.5 Å². The summed E-state index contributed by atoms with van der Waals surface area (Å²) in [5.74, 6) is 0.684. The minimum absolute atomic E-state index is 0.168. The van der Waals surface area contributed by atoms with Crippen molar-refractivity contribution >= 4 is 11.4 Å². The summed E-state index contributed by atoms with van der Waals surface area (Å²) in [5.41, 5.74) is 4.61. The number of nitrogens with one attached hydrogen (secondary N) is 1. The lowest BCUT2D eigenvalue weighted by Gasteiger charge is -2.13. The SMILES string of the molecule is Cc1noc(C)c1-c1cc(Nc2ccc(C#N)nc2)c(=O)n(Cc2ccccc2)c1. The third kappa shape index (κ3) is 3.84. The van der Waals surface area contributed by atoms with E-state index in [0.29, 0.717) is 29.4 Å². The standard InChI is InChI=1S/C23H19N5O2/c1-15-22(16(2)30-27-15)18-10-21(26-20-9-8-19(11-24)25-12-20)23(29)28(14-18)13-17-6-4-3-5-7-17/h3-10,12,14,26H,13H2,1-2H3. The lowest BCUT2D eigenvalue weighted by atomic mass is 10.1. The van der Waals surface area contributed by atoms with Gasteiger partial charge in [-0.05, 0) is 37.6 Å². The molecule has 3 heterocycles. The van der Waals surface area contributed by atoms with E-state index in [1.807, 2.05) is 56.4 Å². The topological polar surface area (TPSA) is 96.7 Å². The van der Waals surface area contributed by atoms with Crippen LogP contribution in [0.2, 0.25) is 0 Å². The van der Waals surface area contributed by atoms with Gasteiger partial charge in [0, 0.05) is 17.3 Å². The first-order chi connectivity index (χ1) is 14.5. The minimum Gasteiger partial charge on any atom is -0.361 e. The molecule has 0 spiro atoms. The molecular formula is C23H19N5O2. The van der Waals surface area contributed by atoms with E-state index in [4.69, 9.17) is 9.78 Å². The third-order valence-corrected chi connectivity index (χ3v) is 4.76. The van der Waals surface area contributed by atoms with Crippen LogP contribution in [0.15, 0.2) is 70.2 Å². The molecule has 0 amide bonds. The van der Waals surface area contributed by atoms with Crippen molar-refractivity contribution in [1.82, 2.24) is 14.7 Å². The maximum atomic E-state index is 13.2. The summed E-state index contributed by atoms with van der Waals surface area (Å²) in [4.78, 5) is 17.2. The molecule has 0 saturated heterocycles. The van der Waals surface area contributed by atoms with Crippen LogP contribution in [0.4, 0.5) is 11.4 Å². The summed E-state index contributed by atoms with van der Waals surface area (Å²) in [5, 5.41) is 16.1. The summed E-state index contributed by atoms with van der Waals surface area (Å²) in [7, 11) is 0. The van der Waals surface area contributed by atoms with Crippen molar-refractivity contribution in [2.75, 3.05) is 5.32 Å². The molecule has 0 radical (unpaired) electrons. The van der Waals surface area contributed by atoms with Gasteiger partial charge in [0.05, 0.1) is 24.1 Å². The number of anilines is 2. The van der Waals surface area contributed by atoms with Gasteiger partial charge in [-0.25, -0.2) is 4.98 Å². The van der Waals surface area contributed by atoms with Gasteiger partial charge in [-0.2, -0.15) is 5.26 Å². The van der Waals surface area contributed by atoms with Crippen molar-refractivity contribution in [2.45, 2.75) is 20.4 Å². The lowest BCUT2D eigenvalue weighted by molar-refractivity contribution is 0.393. The molecule has 1 N–H and O–H groups in total. The van der Waals surface area contributed by atoms with E-state index < -0.39 is 0 Å². The number of nitrogens with zero attached hydrogens (tertiary/aromatic N) is 4. The van der Waals surface area contributed by atoms with Crippen LogP contribution < -0.4 is 10.9 Å². The van der Waals surface area contributed by atoms with Crippen LogP contribution in [-0.4, -0.2) is 14.7 Å². The van der Waals surface area contributed by atoms with Crippen LogP contribution in [0.3, 0.4) is 0 Å². The van der Waals surface area contributed by atoms with Crippen molar-refractivity contribution in [1.29, 1.82) is 5.26 Å². The van der Waals surface area contributed by atoms with Gasteiger partial charge in [0.15, 0.2) is 0 Å². The van der Waals surface area contributed by atoms with E-state index in [9.17, 15) is 4.79 Å². The zero-order valence-corrected chi connectivity index (χ0v) is 16.6. The van der Waals surface area contributed by atoms with Crippen LogP contribution in [0, 0.1) is 25.2 Å². The van der Waals surface area contributed by atoms with E-state index in [0.717, 1.165) is 22.4 Å². The average Bonchev–Trinajstić information content (AvgIpc) is 3.10. The highest BCUT2D eigenvalue weighted by Crippen LogP contribution is 2.28. The molecule has 0 aliphatic carbocycles. The van der Waals surface area contributed by atoms with Crippen LogP contribution in [0.1, 0.15) is 22.7 Å². The van der Waals surface area contributed by atoms with Crippen LogP contribution in [0.25, 0.3) is 11.1 Å². The van der Waals surface area contributed by atoms with Crippen LogP contribution >= 0.6 is 0 Å². The molecule has 0 saturated carbocycles. The van der Waals surface area contributed by atoms with Crippen molar-refractivity contribution in [3.05, 3.63) is 94.0 Å². The maximum absolute atomic E-state index is 13.2.